The maximum absolute atomic E-state index is 11.4. The Hall–Kier alpha value is -0.280. The molecule has 0 bridgehead atoms. The summed E-state index contributed by atoms with van der Waals surface area (Å²) in [6.45, 7) is 2.72. The van der Waals surface area contributed by atoms with Crippen molar-refractivity contribution in [2.45, 2.75) is 19.9 Å². The van der Waals surface area contributed by atoms with E-state index >= 15 is 0 Å². The van der Waals surface area contributed by atoms with Gasteiger partial charge in [-0.3, -0.25) is 4.79 Å². The van der Waals surface area contributed by atoms with Crippen LogP contribution in [0.4, 0.5) is 0 Å². The first-order chi connectivity index (χ1) is 5.65. The fourth-order valence-corrected chi connectivity index (χ4v) is 1.80. The van der Waals surface area contributed by atoms with Gasteiger partial charge in [-0.05, 0) is 28.4 Å². The van der Waals surface area contributed by atoms with Crippen LogP contribution >= 0.6 is 27.5 Å². The standard InChI is InChI=1S/C8H9BrClNO/c1-2-3-11-5-6(10)4-7(9)8(11)12/h4-5H,2-3H2,1H3. The number of aromatic nitrogens is 1. The summed E-state index contributed by atoms with van der Waals surface area (Å²) in [4.78, 5) is 11.4. The fraction of sp³-hybridized carbons (Fsp3) is 0.375. The lowest BCUT2D eigenvalue weighted by Gasteiger charge is -2.03. The summed E-state index contributed by atoms with van der Waals surface area (Å²) < 4.78 is 2.12. The molecule has 1 aromatic rings. The number of pyridine rings is 1. The fourth-order valence-electron chi connectivity index (χ4n) is 0.972. The lowest BCUT2D eigenvalue weighted by Crippen LogP contribution is -2.19. The monoisotopic (exact) mass is 249 g/mol. The topological polar surface area (TPSA) is 22.0 Å². The van der Waals surface area contributed by atoms with Gasteiger partial charge in [-0.1, -0.05) is 18.5 Å². The van der Waals surface area contributed by atoms with Crippen molar-refractivity contribution in [3.63, 3.8) is 0 Å². The smallest absolute Gasteiger partial charge is 0.264 e. The van der Waals surface area contributed by atoms with E-state index < -0.39 is 0 Å². The van der Waals surface area contributed by atoms with E-state index in [2.05, 4.69) is 15.9 Å². The van der Waals surface area contributed by atoms with Crippen LogP contribution in [0.2, 0.25) is 5.02 Å². The van der Waals surface area contributed by atoms with E-state index in [-0.39, 0.29) is 5.56 Å². The Balaban J connectivity index is 3.19. The van der Waals surface area contributed by atoms with Gasteiger partial charge < -0.3 is 4.57 Å². The quantitative estimate of drug-likeness (QED) is 0.791. The van der Waals surface area contributed by atoms with Crippen LogP contribution in [0.5, 0.6) is 0 Å². The van der Waals surface area contributed by atoms with E-state index in [0.29, 0.717) is 16.0 Å². The molecule has 0 saturated heterocycles. The van der Waals surface area contributed by atoms with Gasteiger partial charge in [0.05, 0.1) is 9.50 Å². The Morgan fingerprint density at radius 2 is 2.33 bits per heavy atom. The van der Waals surface area contributed by atoms with Crippen LogP contribution in [0, 0.1) is 0 Å². The molecule has 0 N–H and O–H groups in total. The average molecular weight is 251 g/mol. The maximum atomic E-state index is 11.4. The number of hydrogen-bond donors (Lipinski definition) is 0. The van der Waals surface area contributed by atoms with E-state index in [4.69, 9.17) is 11.6 Å². The Morgan fingerprint density at radius 1 is 1.67 bits per heavy atom. The molecule has 1 heterocycles. The summed E-state index contributed by atoms with van der Waals surface area (Å²) in [7, 11) is 0. The highest BCUT2D eigenvalue weighted by Gasteiger charge is 2.01. The van der Waals surface area contributed by atoms with Gasteiger partial charge in [0.1, 0.15) is 0 Å². The molecular formula is C8H9BrClNO. The van der Waals surface area contributed by atoms with Crippen molar-refractivity contribution >= 4 is 27.5 Å². The molecule has 0 aliphatic heterocycles. The molecule has 1 aromatic heterocycles. The number of nitrogens with zero attached hydrogens (tertiary/aromatic N) is 1. The highest BCUT2D eigenvalue weighted by atomic mass is 79.9. The van der Waals surface area contributed by atoms with Crippen molar-refractivity contribution in [3.8, 4) is 0 Å². The zero-order chi connectivity index (χ0) is 9.14. The van der Waals surface area contributed by atoms with Gasteiger partial charge in [-0.15, -0.1) is 0 Å². The second-order valence-electron chi connectivity index (χ2n) is 2.50. The highest BCUT2D eigenvalue weighted by Crippen LogP contribution is 2.11. The number of halogens is 2. The van der Waals surface area contributed by atoms with E-state index in [1.54, 1.807) is 16.8 Å². The molecule has 0 radical (unpaired) electrons. The lowest BCUT2D eigenvalue weighted by atomic mass is 10.4. The second kappa shape index (κ2) is 4.10. The van der Waals surface area contributed by atoms with Crippen molar-refractivity contribution in [1.29, 1.82) is 0 Å². The van der Waals surface area contributed by atoms with E-state index in [9.17, 15) is 4.79 Å². The molecule has 0 unspecified atom stereocenters. The molecule has 0 aromatic carbocycles. The Kier molecular flexibility index (Phi) is 3.35. The van der Waals surface area contributed by atoms with Crippen molar-refractivity contribution in [2.24, 2.45) is 0 Å². The largest absolute Gasteiger partial charge is 0.313 e. The molecule has 1 rings (SSSR count). The molecule has 0 saturated carbocycles. The van der Waals surface area contributed by atoms with E-state index in [0.717, 1.165) is 6.42 Å². The second-order valence-corrected chi connectivity index (χ2v) is 3.80. The minimum absolute atomic E-state index is 0.0266. The van der Waals surface area contributed by atoms with Gasteiger partial charge in [-0.2, -0.15) is 0 Å². The first kappa shape index (κ1) is 9.81. The number of rotatable bonds is 2. The Morgan fingerprint density at radius 3 is 2.92 bits per heavy atom. The molecule has 0 aliphatic carbocycles. The normalized spacial score (nSPS) is 10.2. The average Bonchev–Trinajstić information content (AvgIpc) is 2.00. The third-order valence-corrected chi connectivity index (χ3v) is 2.25. The Bertz CT molecular complexity index is 334. The summed E-state index contributed by atoms with van der Waals surface area (Å²) in [5.74, 6) is 0. The molecule has 0 spiro atoms. The molecule has 2 nitrogen and oxygen atoms in total. The molecule has 12 heavy (non-hydrogen) atoms. The first-order valence-corrected chi connectivity index (χ1v) is 4.87. The van der Waals surface area contributed by atoms with Crippen LogP contribution < -0.4 is 5.56 Å². The first-order valence-electron chi connectivity index (χ1n) is 3.70. The van der Waals surface area contributed by atoms with Crippen LogP contribution in [-0.2, 0) is 6.54 Å². The summed E-state index contributed by atoms with van der Waals surface area (Å²) in [5.41, 5.74) is -0.0266. The van der Waals surface area contributed by atoms with Crippen LogP contribution in [0.25, 0.3) is 0 Å². The highest BCUT2D eigenvalue weighted by molar-refractivity contribution is 9.10. The maximum Gasteiger partial charge on any atom is 0.264 e. The molecule has 0 atom stereocenters. The third-order valence-electron chi connectivity index (χ3n) is 1.47. The molecule has 0 fully saturated rings. The number of aryl methyl sites for hydroxylation is 1. The van der Waals surface area contributed by atoms with Gasteiger partial charge in [-0.25, -0.2) is 0 Å². The van der Waals surface area contributed by atoms with Crippen molar-refractivity contribution in [3.05, 3.63) is 32.1 Å². The van der Waals surface area contributed by atoms with Crippen molar-refractivity contribution < 1.29 is 0 Å². The van der Waals surface area contributed by atoms with Gasteiger partial charge in [0.2, 0.25) is 0 Å². The minimum Gasteiger partial charge on any atom is -0.313 e. The summed E-state index contributed by atoms with van der Waals surface area (Å²) in [6.07, 6.45) is 2.57. The Labute approximate surface area is 84.3 Å². The summed E-state index contributed by atoms with van der Waals surface area (Å²) in [6, 6.07) is 1.61. The van der Waals surface area contributed by atoms with Crippen LogP contribution in [-0.4, -0.2) is 4.57 Å². The molecule has 0 aliphatic rings. The number of hydrogen-bond acceptors (Lipinski definition) is 1. The summed E-state index contributed by atoms with van der Waals surface area (Å²) in [5, 5.41) is 0.579. The third kappa shape index (κ3) is 2.11. The molecular weight excluding hydrogens is 241 g/mol. The molecule has 4 heteroatoms. The predicted molar refractivity (Wildman–Crippen MR) is 53.7 cm³/mol. The van der Waals surface area contributed by atoms with Gasteiger partial charge in [0.15, 0.2) is 0 Å². The van der Waals surface area contributed by atoms with Gasteiger partial charge >= 0.3 is 0 Å². The van der Waals surface area contributed by atoms with E-state index in [1.165, 1.54) is 0 Å². The van der Waals surface area contributed by atoms with Gasteiger partial charge in [0, 0.05) is 12.7 Å². The van der Waals surface area contributed by atoms with E-state index in [1.807, 2.05) is 6.92 Å². The van der Waals surface area contributed by atoms with Crippen LogP contribution in [0.1, 0.15) is 13.3 Å². The summed E-state index contributed by atoms with van der Waals surface area (Å²) >= 11 is 8.92. The van der Waals surface area contributed by atoms with Crippen LogP contribution in [0.3, 0.4) is 0 Å². The molecule has 0 amide bonds. The van der Waals surface area contributed by atoms with Crippen LogP contribution in [0.15, 0.2) is 21.5 Å². The van der Waals surface area contributed by atoms with Gasteiger partial charge in [0.25, 0.3) is 5.56 Å². The predicted octanol–water partition coefficient (Wildman–Crippen LogP) is 2.67. The van der Waals surface area contributed by atoms with Crippen molar-refractivity contribution in [2.75, 3.05) is 0 Å². The SMILES string of the molecule is CCCn1cc(Cl)cc(Br)c1=O. The lowest BCUT2D eigenvalue weighted by molar-refractivity contribution is 0.652. The van der Waals surface area contributed by atoms with Crippen molar-refractivity contribution in [1.82, 2.24) is 4.57 Å². The minimum atomic E-state index is -0.0266. The molecule has 66 valence electrons. The zero-order valence-electron chi connectivity index (χ0n) is 6.68. The zero-order valence-corrected chi connectivity index (χ0v) is 9.02.